The van der Waals surface area contributed by atoms with Crippen molar-refractivity contribution in [1.82, 2.24) is 9.21 Å². The lowest BCUT2D eigenvalue weighted by molar-refractivity contribution is -0.00000784. The van der Waals surface area contributed by atoms with Gasteiger partial charge in [0.15, 0.2) is 0 Å². The molecular weight excluding hydrogens is 368 g/mol. The maximum atomic E-state index is 12.8. The van der Waals surface area contributed by atoms with E-state index in [1.165, 1.54) is 11.1 Å². The molecule has 1 aliphatic rings. The quantitative estimate of drug-likeness (QED) is 0.701. The molecule has 0 amide bonds. The minimum atomic E-state index is -3.38. The monoisotopic (exact) mass is 393 g/mol. The van der Waals surface area contributed by atoms with Gasteiger partial charge >= 0.3 is 0 Å². The van der Waals surface area contributed by atoms with Crippen molar-refractivity contribution in [3.63, 3.8) is 0 Å². The highest BCUT2D eigenvalue weighted by atomic mass is 35.5. The molecule has 0 unspecified atom stereocenters. The summed E-state index contributed by atoms with van der Waals surface area (Å²) in [6.07, 6.45) is 2.05. The second-order valence-corrected chi connectivity index (χ2v) is 8.50. The molecule has 142 valence electrons. The molecule has 0 bridgehead atoms. The molecule has 6 heteroatoms. The SMILES string of the molecule is CCCc1ccc(S(=O)(=O)N2CCN(Cc3ccccc3)CC2)cc1.[Cl-]. The number of hydrogen-bond donors (Lipinski definition) is 0. The fraction of sp³-hybridized carbons (Fsp3) is 0.400. The molecular formula is C20H26ClN2O2S-. The van der Waals surface area contributed by atoms with Gasteiger partial charge in [0, 0.05) is 32.7 Å². The molecule has 3 rings (SSSR count). The zero-order valence-corrected chi connectivity index (χ0v) is 16.7. The second kappa shape index (κ2) is 9.51. The van der Waals surface area contributed by atoms with Crippen molar-refractivity contribution < 1.29 is 20.8 Å². The van der Waals surface area contributed by atoms with E-state index in [0.717, 1.165) is 32.5 Å². The number of piperazine rings is 1. The van der Waals surface area contributed by atoms with Crippen LogP contribution >= 0.6 is 0 Å². The summed E-state index contributed by atoms with van der Waals surface area (Å²) < 4.78 is 27.3. The predicted octanol–water partition coefficient (Wildman–Crippen LogP) is 0.150. The largest absolute Gasteiger partial charge is 1.00 e. The lowest BCUT2D eigenvalue weighted by atomic mass is 10.1. The molecule has 0 aliphatic carbocycles. The van der Waals surface area contributed by atoms with Gasteiger partial charge in [-0.3, -0.25) is 4.90 Å². The Morgan fingerprint density at radius 1 is 0.846 bits per heavy atom. The van der Waals surface area contributed by atoms with Crippen LogP contribution in [0.2, 0.25) is 0 Å². The van der Waals surface area contributed by atoms with E-state index in [1.807, 2.05) is 30.3 Å². The first-order valence-electron chi connectivity index (χ1n) is 8.95. The average molecular weight is 394 g/mol. The number of halogens is 1. The number of benzene rings is 2. The minimum absolute atomic E-state index is 0. The molecule has 1 aliphatic heterocycles. The van der Waals surface area contributed by atoms with E-state index >= 15 is 0 Å². The molecule has 0 aromatic heterocycles. The van der Waals surface area contributed by atoms with Gasteiger partial charge in [-0.2, -0.15) is 4.31 Å². The van der Waals surface area contributed by atoms with Gasteiger partial charge in [0.2, 0.25) is 10.0 Å². The van der Waals surface area contributed by atoms with Crippen molar-refractivity contribution in [2.45, 2.75) is 31.2 Å². The summed E-state index contributed by atoms with van der Waals surface area (Å²) in [7, 11) is -3.38. The van der Waals surface area contributed by atoms with Gasteiger partial charge in [-0.15, -0.1) is 0 Å². The summed E-state index contributed by atoms with van der Waals surface area (Å²) in [6.45, 7) is 5.63. The molecule has 2 aromatic rings. The van der Waals surface area contributed by atoms with Crippen LogP contribution in [0.15, 0.2) is 59.5 Å². The zero-order chi connectivity index (χ0) is 17.7. The first-order chi connectivity index (χ1) is 12.1. The van der Waals surface area contributed by atoms with E-state index in [4.69, 9.17) is 0 Å². The maximum Gasteiger partial charge on any atom is 0.243 e. The van der Waals surface area contributed by atoms with Crippen molar-refractivity contribution in [2.75, 3.05) is 26.2 Å². The van der Waals surface area contributed by atoms with Crippen molar-refractivity contribution in [3.8, 4) is 0 Å². The predicted molar refractivity (Wildman–Crippen MR) is 101 cm³/mol. The van der Waals surface area contributed by atoms with E-state index in [2.05, 4.69) is 24.0 Å². The fourth-order valence-electron chi connectivity index (χ4n) is 3.24. The summed E-state index contributed by atoms with van der Waals surface area (Å²) in [4.78, 5) is 2.72. The smallest absolute Gasteiger partial charge is 0.243 e. The summed E-state index contributed by atoms with van der Waals surface area (Å²) in [5.74, 6) is 0. The molecule has 0 spiro atoms. The summed E-state index contributed by atoms with van der Waals surface area (Å²) in [6, 6.07) is 17.7. The van der Waals surface area contributed by atoms with E-state index in [1.54, 1.807) is 16.4 Å². The molecule has 4 nitrogen and oxygen atoms in total. The van der Waals surface area contributed by atoms with Crippen LogP contribution < -0.4 is 12.4 Å². The van der Waals surface area contributed by atoms with E-state index in [0.29, 0.717) is 18.0 Å². The molecule has 0 atom stereocenters. The third-order valence-corrected chi connectivity index (χ3v) is 6.59. The Kier molecular flexibility index (Phi) is 7.65. The van der Waals surface area contributed by atoms with Crippen LogP contribution in [-0.2, 0) is 23.0 Å². The molecule has 0 N–H and O–H groups in total. The Hall–Kier alpha value is -1.40. The number of nitrogens with zero attached hydrogens (tertiary/aromatic N) is 2. The first-order valence-corrected chi connectivity index (χ1v) is 10.4. The van der Waals surface area contributed by atoms with Crippen LogP contribution in [0.4, 0.5) is 0 Å². The van der Waals surface area contributed by atoms with Crippen molar-refractivity contribution in [3.05, 3.63) is 65.7 Å². The van der Waals surface area contributed by atoms with Gasteiger partial charge in [-0.1, -0.05) is 55.8 Å². The van der Waals surface area contributed by atoms with Gasteiger partial charge in [0.05, 0.1) is 4.90 Å². The van der Waals surface area contributed by atoms with Gasteiger partial charge in [0.25, 0.3) is 0 Å². The minimum Gasteiger partial charge on any atom is -1.00 e. The zero-order valence-electron chi connectivity index (χ0n) is 15.1. The van der Waals surface area contributed by atoms with Crippen LogP contribution in [0.25, 0.3) is 0 Å². The van der Waals surface area contributed by atoms with E-state index < -0.39 is 10.0 Å². The van der Waals surface area contributed by atoms with Crippen LogP contribution in [0.5, 0.6) is 0 Å². The van der Waals surface area contributed by atoms with Crippen LogP contribution in [0, 0.1) is 0 Å². The topological polar surface area (TPSA) is 40.6 Å². The highest BCUT2D eigenvalue weighted by Crippen LogP contribution is 2.19. The van der Waals surface area contributed by atoms with Crippen LogP contribution in [0.3, 0.4) is 0 Å². The van der Waals surface area contributed by atoms with E-state index in [9.17, 15) is 8.42 Å². The van der Waals surface area contributed by atoms with Gasteiger partial charge in [-0.05, 0) is 29.7 Å². The number of hydrogen-bond acceptors (Lipinski definition) is 3. The summed E-state index contributed by atoms with van der Waals surface area (Å²) in [5.41, 5.74) is 2.46. The first kappa shape index (κ1) is 20.9. The Labute approximate surface area is 163 Å². The number of rotatable bonds is 6. The normalized spacial score (nSPS) is 16.2. The number of sulfonamides is 1. The van der Waals surface area contributed by atoms with Crippen molar-refractivity contribution in [1.29, 1.82) is 0 Å². The molecule has 1 heterocycles. The molecule has 26 heavy (non-hydrogen) atoms. The van der Waals surface area contributed by atoms with Crippen LogP contribution in [-0.4, -0.2) is 43.8 Å². The van der Waals surface area contributed by atoms with Crippen molar-refractivity contribution in [2.24, 2.45) is 0 Å². The highest BCUT2D eigenvalue weighted by Gasteiger charge is 2.28. The third-order valence-electron chi connectivity index (χ3n) is 4.68. The lowest BCUT2D eigenvalue weighted by Gasteiger charge is -2.34. The third kappa shape index (κ3) is 5.07. The Morgan fingerprint density at radius 2 is 1.46 bits per heavy atom. The summed E-state index contributed by atoms with van der Waals surface area (Å²) in [5, 5.41) is 0. The standard InChI is InChI=1S/C20H26N2O2S.ClH/c1-2-6-18-9-11-20(12-10-18)25(23,24)22-15-13-21(14-16-22)17-19-7-4-3-5-8-19;/h3-5,7-12H,2,6,13-17H2,1H3;1H/p-1. The highest BCUT2D eigenvalue weighted by molar-refractivity contribution is 7.89. The lowest BCUT2D eigenvalue weighted by Crippen LogP contribution is -3.00. The average Bonchev–Trinajstić information content (AvgIpc) is 2.64. The summed E-state index contributed by atoms with van der Waals surface area (Å²) >= 11 is 0. The van der Waals surface area contributed by atoms with E-state index in [-0.39, 0.29) is 12.4 Å². The van der Waals surface area contributed by atoms with Gasteiger partial charge < -0.3 is 12.4 Å². The Bertz CT molecular complexity index is 771. The maximum absolute atomic E-state index is 12.8. The molecule has 1 fully saturated rings. The Morgan fingerprint density at radius 3 is 2.04 bits per heavy atom. The molecule has 2 aromatic carbocycles. The Balaban J connectivity index is 0.00000243. The van der Waals surface area contributed by atoms with Crippen molar-refractivity contribution >= 4 is 10.0 Å². The van der Waals surface area contributed by atoms with Gasteiger partial charge in [0.1, 0.15) is 0 Å². The second-order valence-electron chi connectivity index (χ2n) is 6.56. The fourth-order valence-corrected chi connectivity index (χ4v) is 4.66. The van der Waals surface area contributed by atoms with Gasteiger partial charge in [-0.25, -0.2) is 8.42 Å². The molecule has 1 saturated heterocycles. The van der Waals surface area contributed by atoms with Crippen LogP contribution in [0.1, 0.15) is 24.5 Å². The molecule has 0 radical (unpaired) electrons. The molecule has 0 saturated carbocycles. The number of aryl methyl sites for hydroxylation is 1.